The van der Waals surface area contributed by atoms with Gasteiger partial charge in [0.15, 0.2) is 6.61 Å². The Bertz CT molecular complexity index is 746. The summed E-state index contributed by atoms with van der Waals surface area (Å²) in [4.78, 5) is 23.4. The fourth-order valence-electron chi connectivity index (χ4n) is 2.15. The molecule has 0 aromatic heterocycles. The highest BCUT2D eigenvalue weighted by Gasteiger charge is 2.17. The Balaban J connectivity index is 1.69. The predicted molar refractivity (Wildman–Crippen MR) is 83.2 cm³/mol. The van der Waals surface area contributed by atoms with Gasteiger partial charge >= 0.3 is 0 Å². The van der Waals surface area contributed by atoms with E-state index in [0.717, 1.165) is 5.56 Å². The molecule has 112 valence electrons. The third-order valence-electron chi connectivity index (χ3n) is 3.22. The Morgan fingerprint density at radius 3 is 2.95 bits per heavy atom. The second kappa shape index (κ2) is 6.07. The minimum atomic E-state index is -0.219. The molecule has 0 unspecified atom stereocenters. The Hall–Kier alpha value is -2.53. The van der Waals surface area contributed by atoms with Crippen molar-refractivity contribution in [2.24, 2.45) is 0 Å². The molecule has 1 heterocycles. The van der Waals surface area contributed by atoms with Gasteiger partial charge in [-0.05, 0) is 35.9 Å². The predicted octanol–water partition coefficient (Wildman–Crippen LogP) is 2.60. The molecule has 2 aromatic carbocycles. The van der Waals surface area contributed by atoms with E-state index in [0.29, 0.717) is 28.6 Å². The van der Waals surface area contributed by atoms with Crippen molar-refractivity contribution in [1.29, 1.82) is 0 Å². The first-order valence-corrected chi connectivity index (χ1v) is 7.09. The van der Waals surface area contributed by atoms with Crippen LogP contribution in [0.15, 0.2) is 42.5 Å². The molecule has 2 amide bonds. The number of halogens is 1. The number of carbonyl (C=O) groups is 2. The monoisotopic (exact) mass is 316 g/mol. The van der Waals surface area contributed by atoms with Crippen molar-refractivity contribution in [3.05, 3.63) is 58.6 Å². The summed E-state index contributed by atoms with van der Waals surface area (Å²) in [6.07, 6.45) is 0. The third-order valence-corrected chi connectivity index (χ3v) is 3.45. The van der Waals surface area contributed by atoms with Crippen LogP contribution in [0.4, 0.5) is 5.69 Å². The Kier molecular flexibility index (Phi) is 3.98. The lowest BCUT2D eigenvalue weighted by atomic mass is 10.1. The quantitative estimate of drug-likeness (QED) is 0.914. The molecule has 0 saturated carbocycles. The first-order chi connectivity index (χ1) is 10.6. The molecule has 2 N–H and O–H groups in total. The van der Waals surface area contributed by atoms with E-state index < -0.39 is 0 Å². The van der Waals surface area contributed by atoms with Gasteiger partial charge in [0.05, 0.1) is 5.69 Å². The van der Waals surface area contributed by atoms with E-state index >= 15 is 0 Å². The number of carbonyl (C=O) groups excluding carboxylic acids is 2. The summed E-state index contributed by atoms with van der Waals surface area (Å²) >= 11 is 5.90. The summed E-state index contributed by atoms with van der Waals surface area (Å²) < 4.78 is 5.30. The summed E-state index contributed by atoms with van der Waals surface area (Å²) in [6.45, 7) is 0.342. The molecular weight excluding hydrogens is 304 g/mol. The largest absolute Gasteiger partial charge is 0.482 e. The van der Waals surface area contributed by atoms with Crippen LogP contribution in [0.3, 0.4) is 0 Å². The first-order valence-electron chi connectivity index (χ1n) is 6.71. The molecule has 0 saturated heterocycles. The molecule has 6 heteroatoms. The van der Waals surface area contributed by atoms with Crippen molar-refractivity contribution < 1.29 is 14.3 Å². The highest BCUT2D eigenvalue weighted by Crippen LogP contribution is 2.28. The first kappa shape index (κ1) is 14.4. The zero-order chi connectivity index (χ0) is 15.5. The summed E-state index contributed by atoms with van der Waals surface area (Å²) in [5, 5.41) is 6.13. The van der Waals surface area contributed by atoms with Gasteiger partial charge in [-0.25, -0.2) is 0 Å². The van der Waals surface area contributed by atoms with Crippen molar-refractivity contribution in [1.82, 2.24) is 5.32 Å². The summed E-state index contributed by atoms with van der Waals surface area (Å²) in [7, 11) is 0. The number of hydrogen-bond donors (Lipinski definition) is 2. The maximum atomic E-state index is 12.2. The van der Waals surface area contributed by atoms with Crippen molar-refractivity contribution in [3.63, 3.8) is 0 Å². The highest BCUT2D eigenvalue weighted by molar-refractivity contribution is 6.30. The van der Waals surface area contributed by atoms with Crippen molar-refractivity contribution >= 4 is 29.1 Å². The molecule has 1 aliphatic heterocycles. The van der Waals surface area contributed by atoms with Crippen LogP contribution in [-0.4, -0.2) is 18.4 Å². The minimum absolute atomic E-state index is 0.0411. The number of amides is 2. The van der Waals surface area contributed by atoms with Gasteiger partial charge in [-0.3, -0.25) is 9.59 Å². The van der Waals surface area contributed by atoms with Gasteiger partial charge in [0.1, 0.15) is 5.75 Å². The fourth-order valence-corrected chi connectivity index (χ4v) is 2.36. The van der Waals surface area contributed by atoms with E-state index in [1.165, 1.54) is 0 Å². The topological polar surface area (TPSA) is 67.4 Å². The number of rotatable bonds is 3. The maximum absolute atomic E-state index is 12.2. The standard InChI is InChI=1S/C16H13ClN2O3/c17-12-3-1-2-10(6-12)8-18-16(21)11-4-5-13-14(7-11)22-9-15(20)19-13/h1-7H,8-9H2,(H,18,21)(H,19,20). The molecule has 3 rings (SSSR count). The van der Waals surface area contributed by atoms with Gasteiger partial charge in [0.2, 0.25) is 0 Å². The van der Waals surface area contributed by atoms with Crippen LogP contribution in [0.25, 0.3) is 0 Å². The van der Waals surface area contributed by atoms with Crippen molar-refractivity contribution in [2.45, 2.75) is 6.54 Å². The number of nitrogens with one attached hydrogen (secondary N) is 2. The minimum Gasteiger partial charge on any atom is -0.482 e. The van der Waals surface area contributed by atoms with Crippen LogP contribution in [0, 0.1) is 0 Å². The second-order valence-corrected chi connectivity index (χ2v) is 5.30. The molecule has 22 heavy (non-hydrogen) atoms. The molecule has 0 spiro atoms. The molecule has 1 aliphatic rings. The Labute approximate surface area is 132 Å². The van der Waals surface area contributed by atoms with E-state index in [9.17, 15) is 9.59 Å². The normalized spacial score (nSPS) is 12.9. The molecule has 0 atom stereocenters. The zero-order valence-corrected chi connectivity index (χ0v) is 12.3. The molecule has 0 aliphatic carbocycles. The van der Waals surface area contributed by atoms with Gasteiger partial charge in [0, 0.05) is 17.1 Å². The summed E-state index contributed by atoms with van der Waals surface area (Å²) in [6, 6.07) is 12.2. The smallest absolute Gasteiger partial charge is 0.262 e. The summed E-state index contributed by atoms with van der Waals surface area (Å²) in [5.74, 6) is 0.0731. The molecule has 0 fully saturated rings. The number of anilines is 1. The van der Waals surface area contributed by atoms with E-state index in [1.54, 1.807) is 30.3 Å². The lowest BCUT2D eigenvalue weighted by molar-refractivity contribution is -0.118. The van der Waals surface area contributed by atoms with Crippen LogP contribution in [0.5, 0.6) is 5.75 Å². The highest BCUT2D eigenvalue weighted by atomic mass is 35.5. The van der Waals surface area contributed by atoms with E-state index in [1.807, 2.05) is 12.1 Å². The molecular formula is C16H13ClN2O3. The van der Waals surface area contributed by atoms with Crippen molar-refractivity contribution in [2.75, 3.05) is 11.9 Å². The van der Waals surface area contributed by atoms with Gasteiger partial charge < -0.3 is 15.4 Å². The van der Waals surface area contributed by atoms with E-state index in [4.69, 9.17) is 16.3 Å². The summed E-state index contributed by atoms with van der Waals surface area (Å²) in [5.41, 5.74) is 1.96. The number of hydrogen-bond acceptors (Lipinski definition) is 3. The van der Waals surface area contributed by atoms with Gasteiger partial charge in [-0.1, -0.05) is 23.7 Å². The number of fused-ring (bicyclic) bond motifs is 1. The maximum Gasteiger partial charge on any atom is 0.262 e. The van der Waals surface area contributed by atoms with Gasteiger partial charge in [-0.15, -0.1) is 0 Å². The van der Waals surface area contributed by atoms with Crippen LogP contribution >= 0.6 is 11.6 Å². The average molecular weight is 317 g/mol. The van der Waals surface area contributed by atoms with Crippen LogP contribution in [0.1, 0.15) is 15.9 Å². The Morgan fingerprint density at radius 1 is 1.27 bits per heavy atom. The Morgan fingerprint density at radius 2 is 2.14 bits per heavy atom. The fraction of sp³-hybridized carbons (Fsp3) is 0.125. The van der Waals surface area contributed by atoms with E-state index in [-0.39, 0.29) is 18.4 Å². The van der Waals surface area contributed by atoms with Crippen LogP contribution in [0.2, 0.25) is 5.02 Å². The zero-order valence-electron chi connectivity index (χ0n) is 11.6. The van der Waals surface area contributed by atoms with E-state index in [2.05, 4.69) is 10.6 Å². The molecule has 0 radical (unpaired) electrons. The number of benzene rings is 2. The van der Waals surface area contributed by atoms with Gasteiger partial charge in [0.25, 0.3) is 11.8 Å². The van der Waals surface area contributed by atoms with Crippen molar-refractivity contribution in [3.8, 4) is 5.75 Å². The lowest BCUT2D eigenvalue weighted by Crippen LogP contribution is -2.26. The third kappa shape index (κ3) is 3.20. The molecule has 0 bridgehead atoms. The second-order valence-electron chi connectivity index (χ2n) is 4.86. The van der Waals surface area contributed by atoms with Gasteiger partial charge in [-0.2, -0.15) is 0 Å². The SMILES string of the molecule is O=C1COc2cc(C(=O)NCc3cccc(Cl)c3)ccc2N1. The molecule has 5 nitrogen and oxygen atoms in total. The lowest BCUT2D eigenvalue weighted by Gasteiger charge is -2.18. The number of ether oxygens (including phenoxy) is 1. The average Bonchev–Trinajstić information content (AvgIpc) is 2.52. The van der Waals surface area contributed by atoms with Crippen LogP contribution in [-0.2, 0) is 11.3 Å². The molecule has 2 aromatic rings. The van der Waals surface area contributed by atoms with Crippen LogP contribution < -0.4 is 15.4 Å².